The van der Waals surface area contributed by atoms with Crippen LogP contribution >= 0.6 is 0 Å². The van der Waals surface area contributed by atoms with Gasteiger partial charge in [-0.15, -0.1) is 0 Å². The zero-order valence-corrected chi connectivity index (χ0v) is 13.0. The Morgan fingerprint density at radius 2 is 2.16 bits per heavy atom. The number of aliphatic imine (C=N–C) groups is 1. The van der Waals surface area contributed by atoms with Crippen molar-refractivity contribution in [2.75, 3.05) is 0 Å². The average Bonchev–Trinajstić information content (AvgIpc) is 3.00. The molecule has 4 nitrogen and oxygen atoms in total. The van der Waals surface area contributed by atoms with Crippen molar-refractivity contribution >= 4 is 17.9 Å². The highest BCUT2D eigenvalue weighted by atomic mass is 19.4. The Morgan fingerprint density at radius 3 is 2.80 bits per heavy atom. The number of halogens is 3. The summed E-state index contributed by atoms with van der Waals surface area (Å²) in [5.74, 6) is -0.869. The van der Waals surface area contributed by atoms with Gasteiger partial charge in [-0.05, 0) is 35.1 Å². The van der Waals surface area contributed by atoms with Crippen molar-refractivity contribution < 1.29 is 30.8 Å². The number of nitrogens with one attached hydrogen (secondary N) is 1. The van der Waals surface area contributed by atoms with Crippen LogP contribution in [-0.4, -0.2) is 22.5 Å². The van der Waals surface area contributed by atoms with Crippen molar-refractivity contribution in [1.29, 1.82) is 0 Å². The van der Waals surface area contributed by atoms with Crippen LogP contribution in [0.15, 0.2) is 52.3 Å². The molecule has 130 valence electrons. The van der Waals surface area contributed by atoms with E-state index in [-0.39, 0.29) is 23.8 Å². The number of benzene rings is 1. The number of amidine groups is 1. The monoisotopic (exact) mass is 354 g/mol. The summed E-state index contributed by atoms with van der Waals surface area (Å²) in [7, 11) is 0. The standard InChI is InChI=1S/C18H16F3N3O/c1-11-3-8-15-23-12(2)16(24(15)10-11)17(25)22-9-13-4-6-14(7-5-13)18(19,20)21/h3-7,10H,8-9H2,1-2H3/p+1/i1D3,3D,8D,10D. The lowest BCUT2D eigenvalue weighted by Crippen LogP contribution is -2.32. The third kappa shape index (κ3) is 3.55. The fourth-order valence-corrected chi connectivity index (χ4v) is 2.39. The van der Waals surface area contributed by atoms with Gasteiger partial charge in [-0.3, -0.25) is 4.79 Å². The SMILES string of the molecule is [2H]C1=C(C([2H])([2H])[2H])C([2H])=[N+]2C(=NC(C)=C2C(=O)NCc2ccc(C(F)(F)F)cc2)C1[2H]. The molecule has 2 heterocycles. The van der Waals surface area contributed by atoms with E-state index in [9.17, 15) is 18.0 Å². The highest BCUT2D eigenvalue weighted by Crippen LogP contribution is 2.29. The number of nitrogens with zero attached hydrogens (tertiary/aromatic N) is 2. The first-order valence-corrected chi connectivity index (χ1v) is 7.24. The molecule has 3 rings (SSSR count). The molecular weight excluding hydrogens is 331 g/mol. The van der Waals surface area contributed by atoms with Gasteiger partial charge in [-0.25, -0.2) is 0 Å². The second-order valence-electron chi connectivity index (χ2n) is 5.39. The molecule has 0 fully saturated rings. The van der Waals surface area contributed by atoms with Crippen molar-refractivity contribution in [3.63, 3.8) is 0 Å². The Morgan fingerprint density at radius 1 is 1.44 bits per heavy atom. The maximum absolute atomic E-state index is 12.8. The predicted octanol–water partition coefficient (Wildman–Crippen LogP) is 3.40. The summed E-state index contributed by atoms with van der Waals surface area (Å²) < 4.78 is 86.0. The molecule has 0 aliphatic carbocycles. The van der Waals surface area contributed by atoms with Crippen LogP contribution in [0.25, 0.3) is 0 Å². The molecule has 1 aromatic carbocycles. The zero-order valence-electron chi connectivity index (χ0n) is 19.0. The van der Waals surface area contributed by atoms with Crippen LogP contribution in [0.4, 0.5) is 13.2 Å². The number of carbonyl (C=O) groups excluding carboxylic acids is 1. The molecule has 0 aromatic heterocycles. The van der Waals surface area contributed by atoms with Crippen molar-refractivity contribution in [2.24, 2.45) is 4.99 Å². The number of hydrogen-bond donors (Lipinski definition) is 1. The van der Waals surface area contributed by atoms with E-state index >= 15 is 0 Å². The van der Waals surface area contributed by atoms with Crippen LogP contribution in [-0.2, 0) is 17.5 Å². The lowest BCUT2D eigenvalue weighted by Gasteiger charge is -2.10. The van der Waals surface area contributed by atoms with Gasteiger partial charge in [0.1, 0.15) is 1.37 Å². The van der Waals surface area contributed by atoms with Gasteiger partial charge in [0.05, 0.1) is 19.5 Å². The third-order valence-corrected chi connectivity index (χ3v) is 3.60. The minimum absolute atomic E-state index is 0.125. The quantitative estimate of drug-likeness (QED) is 0.831. The molecule has 0 bridgehead atoms. The van der Waals surface area contributed by atoms with Gasteiger partial charge in [-0.2, -0.15) is 17.7 Å². The highest BCUT2D eigenvalue weighted by molar-refractivity contribution is 6.00. The number of rotatable bonds is 3. The first kappa shape index (κ1) is 11.0. The molecule has 0 saturated heterocycles. The second-order valence-corrected chi connectivity index (χ2v) is 5.39. The van der Waals surface area contributed by atoms with E-state index in [0.29, 0.717) is 5.56 Å². The highest BCUT2D eigenvalue weighted by Gasteiger charge is 2.36. The lowest BCUT2D eigenvalue weighted by molar-refractivity contribution is -0.337. The van der Waals surface area contributed by atoms with Gasteiger partial charge in [0.2, 0.25) is 11.4 Å². The molecule has 2 aliphatic rings. The topological polar surface area (TPSA) is 44.5 Å². The van der Waals surface area contributed by atoms with Crippen LogP contribution in [0.5, 0.6) is 0 Å². The Hall–Kier alpha value is -2.70. The van der Waals surface area contributed by atoms with Gasteiger partial charge < -0.3 is 5.32 Å². The average molecular weight is 354 g/mol. The van der Waals surface area contributed by atoms with E-state index in [0.717, 1.165) is 16.7 Å². The summed E-state index contributed by atoms with van der Waals surface area (Å²) in [4.78, 5) is 16.8. The Bertz CT molecular complexity index is 1070. The number of fused-ring (bicyclic) bond motifs is 1. The molecule has 0 radical (unpaired) electrons. The summed E-state index contributed by atoms with van der Waals surface area (Å²) in [6.07, 6.45) is -6.60. The van der Waals surface area contributed by atoms with E-state index in [1.54, 1.807) is 0 Å². The fourth-order valence-electron chi connectivity index (χ4n) is 2.39. The molecule has 1 atom stereocenters. The Kier molecular flexibility index (Phi) is 2.78. The smallest absolute Gasteiger partial charge is 0.345 e. The Balaban J connectivity index is 1.87. The molecule has 25 heavy (non-hydrogen) atoms. The normalized spacial score (nSPS) is 24.6. The minimum Gasteiger partial charge on any atom is -0.345 e. The van der Waals surface area contributed by atoms with E-state index in [1.165, 1.54) is 19.1 Å². The van der Waals surface area contributed by atoms with Gasteiger partial charge in [0, 0.05) is 19.0 Å². The van der Waals surface area contributed by atoms with E-state index in [1.807, 2.05) is 0 Å². The lowest BCUT2D eigenvalue weighted by atomic mass is 10.1. The molecule has 1 amide bonds. The summed E-state index contributed by atoms with van der Waals surface area (Å²) in [5, 5.41) is 2.51. The minimum atomic E-state index is -4.48. The largest absolute Gasteiger partial charge is 0.416 e. The molecular formula is C18H17F3N3O+. The molecule has 2 aliphatic heterocycles. The van der Waals surface area contributed by atoms with E-state index in [2.05, 4.69) is 10.3 Å². The van der Waals surface area contributed by atoms with Crippen molar-refractivity contribution in [1.82, 2.24) is 5.32 Å². The van der Waals surface area contributed by atoms with Crippen LogP contribution in [0.2, 0.25) is 0 Å². The first-order chi connectivity index (χ1) is 14.2. The maximum atomic E-state index is 12.8. The van der Waals surface area contributed by atoms with Crippen LogP contribution in [0.3, 0.4) is 0 Å². The number of carbonyl (C=O) groups is 1. The fraction of sp³-hybridized carbons (Fsp3) is 0.278. The van der Waals surface area contributed by atoms with E-state index < -0.39 is 48.7 Å². The van der Waals surface area contributed by atoms with Crippen molar-refractivity contribution in [3.8, 4) is 0 Å². The first-order valence-electron chi connectivity index (χ1n) is 10.3. The molecule has 0 saturated carbocycles. The van der Waals surface area contributed by atoms with Crippen LogP contribution in [0.1, 0.15) is 39.5 Å². The van der Waals surface area contributed by atoms with Crippen LogP contribution < -0.4 is 5.32 Å². The molecule has 1 N–H and O–H groups in total. The molecule has 1 aromatic rings. The summed E-state index contributed by atoms with van der Waals surface area (Å²) >= 11 is 0. The summed E-state index contributed by atoms with van der Waals surface area (Å²) in [6, 6.07) is 3.62. The maximum Gasteiger partial charge on any atom is 0.416 e. The third-order valence-electron chi connectivity index (χ3n) is 3.60. The second kappa shape index (κ2) is 6.31. The molecule has 7 heteroatoms. The number of hydrogen-bond acceptors (Lipinski definition) is 2. The zero-order chi connectivity index (χ0) is 23.3. The van der Waals surface area contributed by atoms with Crippen LogP contribution in [0, 0.1) is 0 Å². The number of amides is 1. The van der Waals surface area contributed by atoms with Gasteiger partial charge in [-0.1, -0.05) is 18.2 Å². The van der Waals surface area contributed by atoms with Crippen molar-refractivity contribution in [3.05, 3.63) is 58.4 Å². The van der Waals surface area contributed by atoms with Gasteiger partial charge >= 0.3 is 12.0 Å². The van der Waals surface area contributed by atoms with E-state index in [4.69, 9.17) is 8.22 Å². The predicted molar refractivity (Wildman–Crippen MR) is 88.1 cm³/mol. The summed E-state index contributed by atoms with van der Waals surface area (Å²) in [5.41, 5.74) is -1.12. The van der Waals surface area contributed by atoms with Gasteiger partial charge in [0.15, 0.2) is 0 Å². The van der Waals surface area contributed by atoms with Gasteiger partial charge in [0.25, 0.3) is 5.91 Å². The molecule has 0 spiro atoms. The van der Waals surface area contributed by atoms with Crippen molar-refractivity contribution in [2.45, 2.75) is 32.9 Å². The number of alkyl halides is 3. The number of allylic oxidation sites excluding steroid dienone is 2. The Labute approximate surface area is 151 Å². The molecule has 1 unspecified atom stereocenters. The summed E-state index contributed by atoms with van der Waals surface area (Å²) in [6.45, 7) is -1.52.